The lowest BCUT2D eigenvalue weighted by atomic mass is 10.1. The minimum atomic E-state index is -1.10. The molecule has 0 aromatic heterocycles. The number of aromatic carboxylic acids is 1. The minimum Gasteiger partial charge on any atom is -0.478 e. The summed E-state index contributed by atoms with van der Waals surface area (Å²) in [5.41, 5.74) is 0.851. The number of carboxylic acids is 1. The molecule has 1 unspecified atom stereocenters. The van der Waals surface area contributed by atoms with E-state index in [1.807, 2.05) is 0 Å². The van der Waals surface area contributed by atoms with Crippen LogP contribution in [0.4, 0.5) is 10.5 Å². The summed E-state index contributed by atoms with van der Waals surface area (Å²) in [5, 5.41) is 16.9. The van der Waals surface area contributed by atoms with Crippen LogP contribution in [0.5, 0.6) is 0 Å². The molecule has 7 heteroatoms. The van der Waals surface area contributed by atoms with E-state index >= 15 is 0 Å². The van der Waals surface area contributed by atoms with Crippen LogP contribution in [0.1, 0.15) is 22.3 Å². The van der Waals surface area contributed by atoms with Crippen molar-refractivity contribution >= 4 is 23.6 Å². The third kappa shape index (κ3) is 3.05. The minimum absolute atomic E-state index is 0.0586. The molecule has 1 aliphatic rings. The Morgan fingerprint density at radius 3 is 2.75 bits per heavy atom. The quantitative estimate of drug-likeness (QED) is 0.652. The van der Waals surface area contributed by atoms with Gasteiger partial charge < -0.3 is 21.1 Å². The lowest BCUT2D eigenvalue weighted by Gasteiger charge is -2.14. The number of hydrogen-bond acceptors (Lipinski definition) is 3. The molecule has 20 heavy (non-hydrogen) atoms. The van der Waals surface area contributed by atoms with Crippen LogP contribution in [0.15, 0.2) is 18.2 Å². The van der Waals surface area contributed by atoms with Gasteiger partial charge in [-0.25, -0.2) is 9.59 Å². The maximum absolute atomic E-state index is 11.8. The van der Waals surface area contributed by atoms with E-state index < -0.39 is 12.0 Å². The summed E-state index contributed by atoms with van der Waals surface area (Å²) in [6.45, 7) is 2.04. The van der Waals surface area contributed by atoms with Gasteiger partial charge in [-0.2, -0.15) is 0 Å². The molecule has 7 nitrogen and oxygen atoms in total. The average Bonchev–Trinajstić information content (AvgIpc) is 2.74. The number of benzene rings is 1. The number of urea groups is 1. The first-order valence-electron chi connectivity index (χ1n) is 6.14. The van der Waals surface area contributed by atoms with Crippen molar-refractivity contribution < 1.29 is 19.5 Å². The molecule has 1 aliphatic heterocycles. The summed E-state index contributed by atoms with van der Waals surface area (Å²) < 4.78 is 0. The highest BCUT2D eigenvalue weighted by Gasteiger charge is 2.23. The largest absolute Gasteiger partial charge is 0.478 e. The molecule has 1 saturated heterocycles. The van der Waals surface area contributed by atoms with Gasteiger partial charge in [-0.1, -0.05) is 12.1 Å². The Balaban J connectivity index is 2.06. The number of amides is 3. The summed E-state index contributed by atoms with van der Waals surface area (Å²) in [7, 11) is 0. The highest BCUT2D eigenvalue weighted by molar-refractivity contribution is 6.01. The molecule has 4 N–H and O–H groups in total. The Hall–Kier alpha value is -2.57. The van der Waals surface area contributed by atoms with Gasteiger partial charge in [0.25, 0.3) is 0 Å². The van der Waals surface area contributed by atoms with E-state index in [1.54, 1.807) is 19.1 Å². The molecule has 1 aromatic rings. The molecule has 1 aromatic carbocycles. The number of aryl methyl sites for hydroxylation is 1. The smallest absolute Gasteiger partial charge is 0.338 e. The molecule has 2 rings (SSSR count). The van der Waals surface area contributed by atoms with E-state index in [-0.39, 0.29) is 29.6 Å². The predicted molar refractivity (Wildman–Crippen MR) is 71.7 cm³/mol. The van der Waals surface area contributed by atoms with Crippen molar-refractivity contribution in [2.75, 3.05) is 11.9 Å². The van der Waals surface area contributed by atoms with Crippen molar-refractivity contribution in [3.63, 3.8) is 0 Å². The number of hydrogen-bond donors (Lipinski definition) is 4. The van der Waals surface area contributed by atoms with Crippen LogP contribution < -0.4 is 16.0 Å². The molecular formula is C13H15N3O4. The second-order valence-electron chi connectivity index (χ2n) is 4.61. The Kier molecular flexibility index (Phi) is 3.88. The summed E-state index contributed by atoms with van der Waals surface area (Å²) in [6.07, 6.45) is 0.229. The highest BCUT2D eigenvalue weighted by atomic mass is 16.4. The molecule has 0 spiro atoms. The van der Waals surface area contributed by atoms with E-state index in [1.165, 1.54) is 6.07 Å². The van der Waals surface area contributed by atoms with E-state index in [0.29, 0.717) is 12.1 Å². The second-order valence-corrected chi connectivity index (χ2v) is 4.61. The van der Waals surface area contributed by atoms with Crippen LogP contribution in [0.25, 0.3) is 0 Å². The lowest BCUT2D eigenvalue weighted by Crippen LogP contribution is -2.39. The molecule has 0 radical (unpaired) electrons. The number of anilines is 1. The number of nitrogens with one attached hydrogen (secondary N) is 3. The summed E-state index contributed by atoms with van der Waals surface area (Å²) in [5.74, 6) is -1.21. The van der Waals surface area contributed by atoms with Crippen LogP contribution >= 0.6 is 0 Å². The molecule has 0 bridgehead atoms. The van der Waals surface area contributed by atoms with Gasteiger partial charge in [0.15, 0.2) is 0 Å². The van der Waals surface area contributed by atoms with Gasteiger partial charge in [0.2, 0.25) is 5.91 Å². The first kappa shape index (κ1) is 13.9. The summed E-state index contributed by atoms with van der Waals surface area (Å²) in [6, 6.07) is 4.04. The molecule has 0 saturated carbocycles. The van der Waals surface area contributed by atoms with Crippen molar-refractivity contribution in [1.29, 1.82) is 0 Å². The zero-order valence-electron chi connectivity index (χ0n) is 10.9. The van der Waals surface area contributed by atoms with Gasteiger partial charge in [0.1, 0.15) is 0 Å². The molecule has 0 aliphatic carbocycles. The van der Waals surface area contributed by atoms with E-state index in [4.69, 9.17) is 5.11 Å². The zero-order chi connectivity index (χ0) is 14.7. The highest BCUT2D eigenvalue weighted by Crippen LogP contribution is 2.19. The third-order valence-electron chi connectivity index (χ3n) is 3.05. The summed E-state index contributed by atoms with van der Waals surface area (Å²) >= 11 is 0. The van der Waals surface area contributed by atoms with Gasteiger partial charge in [0.05, 0.1) is 17.3 Å². The normalized spacial score (nSPS) is 17.4. The maximum Gasteiger partial charge on any atom is 0.338 e. The Morgan fingerprint density at radius 1 is 1.40 bits per heavy atom. The molecule has 1 atom stereocenters. The average molecular weight is 277 g/mol. The van der Waals surface area contributed by atoms with Crippen LogP contribution in [0, 0.1) is 6.92 Å². The van der Waals surface area contributed by atoms with Crippen LogP contribution in [-0.4, -0.2) is 35.6 Å². The third-order valence-corrected chi connectivity index (χ3v) is 3.05. The number of carboxylic acid groups (broad SMARTS) is 1. The fourth-order valence-electron chi connectivity index (χ4n) is 2.11. The first-order valence-corrected chi connectivity index (χ1v) is 6.14. The van der Waals surface area contributed by atoms with Crippen LogP contribution in [0.3, 0.4) is 0 Å². The fraction of sp³-hybridized carbons (Fsp3) is 0.308. The first-order chi connectivity index (χ1) is 9.47. The Morgan fingerprint density at radius 2 is 2.15 bits per heavy atom. The maximum atomic E-state index is 11.8. The number of rotatable bonds is 3. The zero-order valence-corrected chi connectivity index (χ0v) is 10.9. The predicted octanol–water partition coefficient (Wildman–Crippen LogP) is 0.703. The van der Waals surface area contributed by atoms with Gasteiger partial charge >= 0.3 is 12.0 Å². The van der Waals surface area contributed by atoms with Crippen LogP contribution in [-0.2, 0) is 4.79 Å². The second kappa shape index (κ2) is 5.60. The summed E-state index contributed by atoms with van der Waals surface area (Å²) in [4.78, 5) is 34.0. The Labute approximate surface area is 115 Å². The van der Waals surface area contributed by atoms with Gasteiger partial charge in [-0.05, 0) is 18.6 Å². The SMILES string of the molecule is Cc1cccc(NC(=O)NC2CNC(=O)C2)c1C(=O)O. The Bertz CT molecular complexity index is 571. The van der Waals surface area contributed by atoms with Gasteiger partial charge in [0, 0.05) is 13.0 Å². The van der Waals surface area contributed by atoms with Crippen LogP contribution in [0.2, 0.25) is 0 Å². The van der Waals surface area contributed by atoms with Crippen molar-refractivity contribution in [2.24, 2.45) is 0 Å². The fourth-order valence-corrected chi connectivity index (χ4v) is 2.11. The standard InChI is InChI=1S/C13H15N3O4/c1-7-3-2-4-9(11(7)12(18)19)16-13(20)15-8-5-10(17)14-6-8/h2-4,8H,5-6H2,1H3,(H,14,17)(H,18,19)(H2,15,16,20). The van der Waals surface area contributed by atoms with Crippen molar-refractivity contribution in [1.82, 2.24) is 10.6 Å². The lowest BCUT2D eigenvalue weighted by molar-refractivity contribution is -0.119. The van der Waals surface area contributed by atoms with E-state index in [9.17, 15) is 14.4 Å². The van der Waals surface area contributed by atoms with Crippen molar-refractivity contribution in [3.05, 3.63) is 29.3 Å². The number of carbonyl (C=O) groups excluding carboxylic acids is 2. The topological polar surface area (TPSA) is 108 Å². The number of carbonyl (C=O) groups is 3. The molecule has 3 amide bonds. The van der Waals surface area contributed by atoms with Crippen molar-refractivity contribution in [2.45, 2.75) is 19.4 Å². The molecule has 106 valence electrons. The molecule has 1 heterocycles. The monoisotopic (exact) mass is 277 g/mol. The van der Waals surface area contributed by atoms with Gasteiger partial charge in [-0.15, -0.1) is 0 Å². The molecular weight excluding hydrogens is 262 g/mol. The van der Waals surface area contributed by atoms with Crippen molar-refractivity contribution in [3.8, 4) is 0 Å². The van der Waals surface area contributed by atoms with Gasteiger partial charge in [-0.3, -0.25) is 4.79 Å². The van der Waals surface area contributed by atoms with E-state index in [2.05, 4.69) is 16.0 Å². The van der Waals surface area contributed by atoms with E-state index in [0.717, 1.165) is 0 Å². The molecule has 1 fully saturated rings.